The van der Waals surface area contributed by atoms with E-state index in [1.807, 2.05) is 0 Å². The van der Waals surface area contributed by atoms with Gasteiger partial charge in [-0.15, -0.1) is 0 Å². The van der Waals surface area contributed by atoms with E-state index in [2.05, 4.69) is 5.32 Å². The summed E-state index contributed by atoms with van der Waals surface area (Å²) in [6.07, 6.45) is 0.351. The molecule has 0 aromatic heterocycles. The number of carbonyl (C=O) groups excluding carboxylic acids is 2. The standard InChI is InChI=1S/C16H20FNO4/c1-16(2,15(21)22)9-10-18-14(20)8-7-13(19)11-3-5-12(17)6-4-11/h3-6H,7-10H2,1-2H3,(H,18,20)(H,21,22). The van der Waals surface area contributed by atoms with Gasteiger partial charge in [0.1, 0.15) is 5.82 Å². The maximum absolute atomic E-state index is 12.7. The van der Waals surface area contributed by atoms with E-state index in [1.165, 1.54) is 24.3 Å². The fourth-order valence-electron chi connectivity index (χ4n) is 1.72. The van der Waals surface area contributed by atoms with Crippen LogP contribution in [0.5, 0.6) is 0 Å². The van der Waals surface area contributed by atoms with Gasteiger partial charge in [-0.2, -0.15) is 0 Å². The summed E-state index contributed by atoms with van der Waals surface area (Å²) in [5.41, 5.74) is -0.543. The number of carboxylic acid groups (broad SMARTS) is 1. The molecule has 0 radical (unpaired) electrons. The molecular formula is C16H20FNO4. The molecule has 1 rings (SSSR count). The SMILES string of the molecule is CC(C)(CCNC(=O)CCC(=O)c1ccc(F)cc1)C(=O)O. The molecule has 120 valence electrons. The van der Waals surface area contributed by atoms with Crippen LogP contribution < -0.4 is 5.32 Å². The Morgan fingerprint density at radius 3 is 2.27 bits per heavy atom. The van der Waals surface area contributed by atoms with Crippen LogP contribution in [0.4, 0.5) is 4.39 Å². The number of hydrogen-bond acceptors (Lipinski definition) is 3. The van der Waals surface area contributed by atoms with E-state index in [1.54, 1.807) is 13.8 Å². The van der Waals surface area contributed by atoms with Crippen molar-refractivity contribution in [2.75, 3.05) is 6.54 Å². The third-order valence-corrected chi connectivity index (χ3v) is 3.40. The van der Waals surface area contributed by atoms with Gasteiger partial charge in [-0.25, -0.2) is 4.39 Å². The topological polar surface area (TPSA) is 83.5 Å². The second-order valence-electron chi connectivity index (χ2n) is 5.72. The summed E-state index contributed by atoms with van der Waals surface area (Å²) in [4.78, 5) is 34.3. The van der Waals surface area contributed by atoms with E-state index in [-0.39, 0.29) is 31.1 Å². The van der Waals surface area contributed by atoms with E-state index in [4.69, 9.17) is 5.11 Å². The van der Waals surface area contributed by atoms with Crippen LogP contribution in [-0.4, -0.2) is 29.3 Å². The highest BCUT2D eigenvalue weighted by molar-refractivity contribution is 5.97. The number of halogens is 1. The van der Waals surface area contributed by atoms with E-state index in [9.17, 15) is 18.8 Å². The van der Waals surface area contributed by atoms with Crippen LogP contribution in [0.25, 0.3) is 0 Å². The molecule has 22 heavy (non-hydrogen) atoms. The minimum atomic E-state index is -0.923. The Labute approximate surface area is 128 Å². The maximum Gasteiger partial charge on any atom is 0.309 e. The number of ketones is 1. The van der Waals surface area contributed by atoms with Crippen molar-refractivity contribution in [3.05, 3.63) is 35.6 Å². The van der Waals surface area contributed by atoms with Crippen LogP contribution >= 0.6 is 0 Å². The molecule has 0 bridgehead atoms. The van der Waals surface area contributed by atoms with E-state index in [0.29, 0.717) is 12.0 Å². The van der Waals surface area contributed by atoms with Crippen LogP contribution in [0.1, 0.15) is 43.5 Å². The summed E-state index contributed by atoms with van der Waals surface area (Å²) >= 11 is 0. The average molecular weight is 309 g/mol. The third-order valence-electron chi connectivity index (χ3n) is 3.40. The predicted molar refractivity (Wildman–Crippen MR) is 79.0 cm³/mol. The lowest BCUT2D eigenvalue weighted by Crippen LogP contribution is -2.32. The molecule has 2 N–H and O–H groups in total. The minimum absolute atomic E-state index is 0.0176. The van der Waals surface area contributed by atoms with Crippen molar-refractivity contribution in [3.8, 4) is 0 Å². The smallest absolute Gasteiger partial charge is 0.309 e. The fraction of sp³-hybridized carbons (Fsp3) is 0.438. The van der Waals surface area contributed by atoms with Gasteiger partial charge < -0.3 is 10.4 Å². The van der Waals surface area contributed by atoms with Gasteiger partial charge in [-0.3, -0.25) is 14.4 Å². The first-order valence-corrected chi connectivity index (χ1v) is 7.01. The highest BCUT2D eigenvalue weighted by Gasteiger charge is 2.26. The molecule has 0 saturated heterocycles. The number of benzene rings is 1. The normalized spacial score (nSPS) is 11.0. The molecule has 0 aliphatic carbocycles. The summed E-state index contributed by atoms with van der Waals surface area (Å²) in [6.45, 7) is 3.40. The molecule has 6 heteroatoms. The summed E-state index contributed by atoms with van der Waals surface area (Å²) in [7, 11) is 0. The van der Waals surface area contributed by atoms with E-state index >= 15 is 0 Å². The molecular weight excluding hydrogens is 289 g/mol. The lowest BCUT2D eigenvalue weighted by Gasteiger charge is -2.18. The zero-order valence-electron chi connectivity index (χ0n) is 12.7. The molecule has 0 fully saturated rings. The van der Waals surface area contributed by atoms with E-state index in [0.717, 1.165) is 0 Å². The predicted octanol–water partition coefficient (Wildman–Crippen LogP) is 2.41. The number of rotatable bonds is 8. The summed E-state index contributed by atoms with van der Waals surface area (Å²) < 4.78 is 12.7. The van der Waals surface area contributed by atoms with Gasteiger partial charge in [-0.1, -0.05) is 0 Å². The lowest BCUT2D eigenvalue weighted by molar-refractivity contribution is -0.147. The fourth-order valence-corrected chi connectivity index (χ4v) is 1.72. The van der Waals surface area contributed by atoms with Gasteiger partial charge in [0.2, 0.25) is 5.91 Å². The van der Waals surface area contributed by atoms with Crippen molar-refractivity contribution in [3.63, 3.8) is 0 Å². The first-order valence-electron chi connectivity index (χ1n) is 7.01. The van der Waals surface area contributed by atoms with Crippen molar-refractivity contribution in [2.45, 2.75) is 33.1 Å². The summed E-state index contributed by atoms with van der Waals surface area (Å²) in [5.74, 6) is -1.89. The van der Waals surface area contributed by atoms with E-state index < -0.39 is 17.2 Å². The largest absolute Gasteiger partial charge is 0.481 e. The number of carbonyl (C=O) groups is 3. The summed E-state index contributed by atoms with van der Waals surface area (Å²) in [5, 5.41) is 11.5. The van der Waals surface area contributed by atoms with Gasteiger partial charge >= 0.3 is 5.97 Å². The molecule has 5 nitrogen and oxygen atoms in total. The molecule has 0 heterocycles. The van der Waals surface area contributed by atoms with Crippen LogP contribution in [0.2, 0.25) is 0 Å². The average Bonchev–Trinajstić information content (AvgIpc) is 2.45. The van der Waals surface area contributed by atoms with Crippen molar-refractivity contribution in [1.82, 2.24) is 5.32 Å². The number of carboxylic acids is 1. The number of hydrogen-bond donors (Lipinski definition) is 2. The Morgan fingerprint density at radius 1 is 1.14 bits per heavy atom. The third kappa shape index (κ3) is 5.63. The molecule has 0 spiro atoms. The van der Waals surface area contributed by atoms with Crippen molar-refractivity contribution in [2.24, 2.45) is 5.41 Å². The molecule has 1 amide bonds. The zero-order chi connectivity index (χ0) is 16.8. The first kappa shape index (κ1) is 17.8. The van der Waals surface area contributed by atoms with Gasteiger partial charge in [0.15, 0.2) is 5.78 Å². The summed E-state index contributed by atoms with van der Waals surface area (Å²) in [6, 6.07) is 5.15. The zero-order valence-corrected chi connectivity index (χ0v) is 12.7. The van der Waals surface area contributed by atoms with Crippen molar-refractivity contribution < 1.29 is 23.9 Å². The quantitative estimate of drug-likeness (QED) is 0.722. The first-order chi connectivity index (χ1) is 10.2. The van der Waals surface area contributed by atoms with Crippen molar-refractivity contribution >= 4 is 17.7 Å². The molecule has 0 aliphatic rings. The van der Waals surface area contributed by atoms with Gasteiger partial charge in [-0.05, 0) is 44.5 Å². The Balaban J connectivity index is 2.33. The van der Waals surface area contributed by atoms with Gasteiger partial charge in [0.25, 0.3) is 0 Å². The molecule has 1 aromatic carbocycles. The monoisotopic (exact) mass is 309 g/mol. The highest BCUT2D eigenvalue weighted by Crippen LogP contribution is 2.19. The molecule has 0 aliphatic heterocycles. The Morgan fingerprint density at radius 2 is 1.73 bits per heavy atom. The van der Waals surface area contributed by atoms with Crippen molar-refractivity contribution in [1.29, 1.82) is 0 Å². The molecule has 0 unspecified atom stereocenters. The molecule has 0 atom stereocenters. The number of Topliss-reactive ketones (excluding diaryl/α,β-unsaturated/α-hetero) is 1. The Hall–Kier alpha value is -2.24. The lowest BCUT2D eigenvalue weighted by atomic mass is 9.90. The Bertz CT molecular complexity index is 552. The van der Waals surface area contributed by atoms with Gasteiger partial charge in [0.05, 0.1) is 5.41 Å². The second kappa shape index (κ2) is 7.68. The van der Waals surface area contributed by atoms with Crippen LogP contribution in [0.15, 0.2) is 24.3 Å². The second-order valence-corrected chi connectivity index (χ2v) is 5.72. The Kier molecular flexibility index (Phi) is 6.22. The number of aliphatic carboxylic acids is 1. The van der Waals surface area contributed by atoms with Crippen LogP contribution in [-0.2, 0) is 9.59 Å². The van der Waals surface area contributed by atoms with Gasteiger partial charge in [0, 0.05) is 24.9 Å². The number of amides is 1. The van der Waals surface area contributed by atoms with Crippen LogP contribution in [0.3, 0.4) is 0 Å². The molecule has 0 saturated carbocycles. The molecule has 1 aromatic rings. The van der Waals surface area contributed by atoms with Crippen LogP contribution in [0, 0.1) is 11.2 Å². The minimum Gasteiger partial charge on any atom is -0.481 e. The highest BCUT2D eigenvalue weighted by atomic mass is 19.1. The number of nitrogens with one attached hydrogen (secondary N) is 1. The maximum atomic E-state index is 12.7.